The molecule has 9 rings (SSSR count). The molecule has 6 unspecified atom stereocenters. The summed E-state index contributed by atoms with van der Waals surface area (Å²) >= 11 is 0. The van der Waals surface area contributed by atoms with E-state index in [0.717, 1.165) is 53.7 Å². The maximum Gasteiger partial charge on any atom is 0.421 e. The van der Waals surface area contributed by atoms with Crippen LogP contribution >= 0.6 is 0 Å². The lowest BCUT2D eigenvalue weighted by atomic mass is 9.64. The Balaban J connectivity index is 1.30. The maximum atomic E-state index is 16.6. The number of nitrogens with zero attached hydrogens (tertiary/aromatic N) is 4. The third kappa shape index (κ3) is 9.44. The minimum atomic E-state index is -1.94. The van der Waals surface area contributed by atoms with E-state index in [2.05, 4.69) is 28.9 Å². The number of aliphatic hydroxyl groups is 1. The molecule has 0 aromatic heterocycles. The van der Waals surface area contributed by atoms with E-state index in [0.29, 0.717) is 48.6 Å². The molecule has 3 saturated heterocycles. The van der Waals surface area contributed by atoms with Crippen molar-refractivity contribution in [2.24, 2.45) is 5.92 Å². The lowest BCUT2D eigenvalue weighted by Crippen LogP contribution is -2.56. The van der Waals surface area contributed by atoms with Crippen LogP contribution in [0.25, 0.3) is 0 Å². The number of fused-ring (bicyclic) bond motifs is 3. The number of hydrogen-bond acceptors (Lipinski definition) is 11. The van der Waals surface area contributed by atoms with Gasteiger partial charge in [-0.2, -0.15) is 0 Å². The summed E-state index contributed by atoms with van der Waals surface area (Å²) in [6.07, 6.45) is 2.63. The van der Waals surface area contributed by atoms with Crippen molar-refractivity contribution in [2.75, 3.05) is 65.1 Å². The SMILES string of the molecule is COCCOC(=O)N1C(=O)C2(c3cc(C#CCN(C)Cc4ccccc4)ccc31)C(C(=O)N1CCCCCCC1)C1C(=O)OC(c3ccccc3)C(c3ccccc3)N1C2c1ccc(OCCO)cc1. The van der Waals surface area contributed by atoms with E-state index >= 15 is 14.4 Å². The van der Waals surface area contributed by atoms with E-state index < -0.39 is 53.5 Å². The summed E-state index contributed by atoms with van der Waals surface area (Å²) in [7, 11) is 3.49. The molecule has 362 valence electrons. The molecule has 3 amide bonds. The van der Waals surface area contributed by atoms with Gasteiger partial charge < -0.3 is 29.0 Å². The van der Waals surface area contributed by atoms with Crippen LogP contribution in [0, 0.1) is 17.8 Å². The highest BCUT2D eigenvalue weighted by Gasteiger charge is 2.76. The van der Waals surface area contributed by atoms with Gasteiger partial charge in [0.15, 0.2) is 0 Å². The molecule has 3 fully saturated rings. The van der Waals surface area contributed by atoms with Gasteiger partial charge in [0.05, 0.1) is 43.4 Å². The van der Waals surface area contributed by atoms with Crippen molar-refractivity contribution in [3.05, 3.63) is 167 Å². The van der Waals surface area contributed by atoms with Gasteiger partial charge >= 0.3 is 12.1 Å². The van der Waals surface area contributed by atoms with Crippen LogP contribution in [0.2, 0.25) is 0 Å². The third-order valence-electron chi connectivity index (χ3n) is 14.0. The first-order valence-electron chi connectivity index (χ1n) is 24.3. The Bertz CT molecular complexity index is 2680. The zero-order valence-corrected chi connectivity index (χ0v) is 39.8. The number of carbonyl (C=O) groups excluding carboxylic acids is 4. The molecule has 13 heteroatoms. The quantitative estimate of drug-likeness (QED) is 0.0704. The predicted octanol–water partition coefficient (Wildman–Crippen LogP) is 7.78. The van der Waals surface area contributed by atoms with E-state index in [1.807, 2.05) is 114 Å². The number of benzene rings is 5. The van der Waals surface area contributed by atoms with Crippen LogP contribution in [0.3, 0.4) is 0 Å². The van der Waals surface area contributed by atoms with Crippen LogP contribution < -0.4 is 9.64 Å². The number of likely N-dealkylation sites (tertiary alicyclic amines) is 1. The third-order valence-corrected chi connectivity index (χ3v) is 14.0. The Morgan fingerprint density at radius 3 is 2.10 bits per heavy atom. The molecule has 13 nitrogen and oxygen atoms in total. The summed E-state index contributed by atoms with van der Waals surface area (Å²) in [6.45, 7) is 1.82. The fraction of sp³-hybridized carbons (Fsp3) is 0.368. The van der Waals surface area contributed by atoms with Crippen molar-refractivity contribution in [3.8, 4) is 17.6 Å². The van der Waals surface area contributed by atoms with E-state index in [9.17, 15) is 9.90 Å². The van der Waals surface area contributed by atoms with Crippen LogP contribution in [0.15, 0.2) is 133 Å². The fourth-order valence-electron chi connectivity index (χ4n) is 11.0. The normalized spacial score (nSPS) is 23.2. The molecule has 5 aromatic carbocycles. The average molecular weight is 945 g/mol. The molecule has 0 bridgehead atoms. The summed E-state index contributed by atoms with van der Waals surface area (Å²) in [4.78, 5) is 69.9. The molecule has 0 radical (unpaired) electrons. The molecule has 6 atom stereocenters. The van der Waals surface area contributed by atoms with Crippen molar-refractivity contribution < 1.29 is 43.2 Å². The molecule has 1 N–H and O–H groups in total. The highest BCUT2D eigenvalue weighted by atomic mass is 16.6. The molecular formula is C57H60N4O9. The Kier molecular flexibility index (Phi) is 15.1. The van der Waals surface area contributed by atoms with Crippen LogP contribution in [0.5, 0.6) is 5.75 Å². The largest absolute Gasteiger partial charge is 0.491 e. The zero-order chi connectivity index (χ0) is 48.6. The molecule has 1 spiro atoms. The predicted molar refractivity (Wildman–Crippen MR) is 263 cm³/mol. The number of imide groups is 1. The Morgan fingerprint density at radius 1 is 0.771 bits per heavy atom. The molecular weight excluding hydrogens is 885 g/mol. The second-order valence-electron chi connectivity index (χ2n) is 18.4. The summed E-state index contributed by atoms with van der Waals surface area (Å²) in [5.74, 6) is 4.05. The van der Waals surface area contributed by atoms with Crippen molar-refractivity contribution in [1.29, 1.82) is 0 Å². The smallest absolute Gasteiger partial charge is 0.421 e. The van der Waals surface area contributed by atoms with Crippen molar-refractivity contribution in [2.45, 2.75) is 68.3 Å². The van der Waals surface area contributed by atoms with E-state index in [-0.39, 0.29) is 38.0 Å². The van der Waals surface area contributed by atoms with Gasteiger partial charge in [0.1, 0.15) is 36.5 Å². The number of rotatable bonds is 13. The second kappa shape index (κ2) is 21.9. The number of ether oxygens (including phenoxy) is 4. The van der Waals surface area contributed by atoms with Crippen LogP contribution in [-0.2, 0) is 40.6 Å². The number of anilines is 1. The molecule has 0 aliphatic carbocycles. The molecule has 5 aromatic rings. The number of carbonyl (C=O) groups is 4. The van der Waals surface area contributed by atoms with Crippen molar-refractivity contribution >= 4 is 29.6 Å². The van der Waals surface area contributed by atoms with Crippen molar-refractivity contribution in [1.82, 2.24) is 14.7 Å². The Hall–Kier alpha value is -6.82. The molecule has 0 saturated carbocycles. The monoisotopic (exact) mass is 944 g/mol. The van der Waals surface area contributed by atoms with Gasteiger partial charge in [-0.25, -0.2) is 9.69 Å². The summed E-state index contributed by atoms with van der Waals surface area (Å²) in [5.41, 5.74) is 2.53. The lowest BCUT2D eigenvalue weighted by Gasteiger charge is -2.46. The van der Waals surface area contributed by atoms with E-state index in [4.69, 9.17) is 18.9 Å². The second-order valence-corrected chi connectivity index (χ2v) is 18.4. The molecule has 4 heterocycles. The molecule has 4 aliphatic rings. The van der Waals surface area contributed by atoms with Crippen LogP contribution in [-0.4, -0.2) is 110 Å². The van der Waals surface area contributed by atoms with Gasteiger partial charge in [0.2, 0.25) is 11.8 Å². The maximum absolute atomic E-state index is 16.6. The minimum absolute atomic E-state index is 0.0614. The number of methoxy groups -OCH3 is 1. The van der Waals surface area contributed by atoms with E-state index in [1.54, 1.807) is 24.3 Å². The number of cyclic esters (lactones) is 1. The van der Waals surface area contributed by atoms with Gasteiger partial charge in [-0.05, 0) is 78.0 Å². The number of amides is 3. The first kappa shape index (κ1) is 48.2. The highest BCUT2D eigenvalue weighted by molar-refractivity contribution is 6.23. The van der Waals surface area contributed by atoms with Gasteiger partial charge in [-0.15, -0.1) is 0 Å². The fourth-order valence-corrected chi connectivity index (χ4v) is 11.0. The van der Waals surface area contributed by atoms with Gasteiger partial charge in [0.25, 0.3) is 0 Å². The average Bonchev–Trinajstić information content (AvgIpc) is 3.82. The minimum Gasteiger partial charge on any atom is -0.491 e. The van der Waals surface area contributed by atoms with Gasteiger partial charge in [0, 0.05) is 32.3 Å². The van der Waals surface area contributed by atoms with Crippen LogP contribution in [0.1, 0.15) is 83.7 Å². The number of morpholine rings is 1. The first-order valence-corrected chi connectivity index (χ1v) is 24.3. The lowest BCUT2D eigenvalue weighted by molar-refractivity contribution is -0.179. The first-order chi connectivity index (χ1) is 34.3. The van der Waals surface area contributed by atoms with Crippen LogP contribution in [0.4, 0.5) is 10.5 Å². The highest BCUT2D eigenvalue weighted by Crippen LogP contribution is 2.66. The molecule has 70 heavy (non-hydrogen) atoms. The number of aliphatic hydroxyl groups excluding tert-OH is 1. The van der Waals surface area contributed by atoms with Gasteiger partial charge in [-0.1, -0.05) is 134 Å². The number of hydrogen-bond donors (Lipinski definition) is 1. The topological polar surface area (TPSA) is 138 Å². The Labute approximate surface area is 409 Å². The standard InChI is InChI=1S/C57H60N4O9/c1-58(39-41-18-9-6-10-19-41)31-17-20-40-25-30-47-46(38-40)57(55(65)60(47)56(66)69-37-36-67-2)48(53(63)59-32-15-4-3-5-16-33-59)50-54(64)70-51(43-23-13-8-14-24-43)49(42-21-11-7-12-22-42)61(50)52(57)44-26-28-45(29-27-44)68-35-34-62/h6-14,18-19,21-30,38,48-52,62H,3-5,15-16,31-37,39H2,1-2H3. The summed E-state index contributed by atoms with van der Waals surface area (Å²) in [6, 6.07) is 38.8. The zero-order valence-electron chi connectivity index (χ0n) is 39.8. The molecule has 4 aliphatic heterocycles. The summed E-state index contributed by atoms with van der Waals surface area (Å²) < 4.78 is 23.5. The van der Waals surface area contributed by atoms with Gasteiger partial charge in [-0.3, -0.25) is 24.2 Å². The number of esters is 1. The van der Waals surface area contributed by atoms with Crippen molar-refractivity contribution in [3.63, 3.8) is 0 Å². The van der Waals surface area contributed by atoms with E-state index in [1.165, 1.54) is 7.11 Å². The Morgan fingerprint density at radius 2 is 1.43 bits per heavy atom. The summed E-state index contributed by atoms with van der Waals surface area (Å²) in [5, 5.41) is 9.64.